The summed E-state index contributed by atoms with van der Waals surface area (Å²) in [5.74, 6) is 0.403. The lowest BCUT2D eigenvalue weighted by atomic mass is 10.2. The second-order valence-corrected chi connectivity index (χ2v) is 6.46. The third-order valence-electron chi connectivity index (χ3n) is 4.31. The molecular weight excluding hydrogens is 338 g/mol. The van der Waals surface area contributed by atoms with E-state index in [-0.39, 0.29) is 5.91 Å². The quantitative estimate of drug-likeness (QED) is 0.569. The van der Waals surface area contributed by atoms with Crippen LogP contribution in [-0.4, -0.2) is 25.0 Å². The van der Waals surface area contributed by atoms with Crippen LogP contribution in [0.25, 0.3) is 22.6 Å². The van der Waals surface area contributed by atoms with Crippen molar-refractivity contribution < 1.29 is 9.21 Å². The third-order valence-corrected chi connectivity index (χ3v) is 4.31. The zero-order valence-corrected chi connectivity index (χ0v) is 15.1. The van der Waals surface area contributed by atoms with Crippen LogP contribution in [-0.2, 0) is 0 Å². The molecule has 5 heteroatoms. The molecule has 1 heterocycles. The molecule has 0 unspecified atom stereocenters. The van der Waals surface area contributed by atoms with Crippen molar-refractivity contribution in [3.8, 4) is 11.5 Å². The summed E-state index contributed by atoms with van der Waals surface area (Å²) in [6, 6.07) is 22.6. The van der Waals surface area contributed by atoms with Gasteiger partial charge < -0.3 is 14.6 Å². The van der Waals surface area contributed by atoms with Crippen LogP contribution in [0.1, 0.15) is 10.4 Å². The summed E-state index contributed by atoms with van der Waals surface area (Å²) in [5.41, 5.74) is 4.69. The van der Waals surface area contributed by atoms with Crippen LogP contribution < -0.4 is 10.2 Å². The predicted octanol–water partition coefficient (Wildman–Crippen LogP) is 4.81. The van der Waals surface area contributed by atoms with Crippen molar-refractivity contribution >= 4 is 28.4 Å². The fourth-order valence-corrected chi connectivity index (χ4v) is 2.82. The number of benzene rings is 3. The molecule has 0 atom stereocenters. The number of rotatable bonds is 4. The van der Waals surface area contributed by atoms with E-state index < -0.39 is 0 Å². The molecule has 0 aliphatic rings. The molecule has 4 aromatic rings. The molecule has 0 saturated heterocycles. The van der Waals surface area contributed by atoms with E-state index in [0.29, 0.717) is 28.2 Å². The maximum Gasteiger partial charge on any atom is 0.255 e. The van der Waals surface area contributed by atoms with Crippen molar-refractivity contribution in [2.24, 2.45) is 0 Å². The molecule has 1 aromatic heterocycles. The summed E-state index contributed by atoms with van der Waals surface area (Å²) in [4.78, 5) is 18.9. The van der Waals surface area contributed by atoms with Gasteiger partial charge in [0.05, 0.1) is 0 Å². The SMILES string of the molecule is CN(C)c1ccc(-c2nc3cc(NC(=O)c4ccccc4)ccc3o2)cc1. The number of hydrogen-bond acceptors (Lipinski definition) is 4. The second kappa shape index (κ2) is 6.96. The van der Waals surface area contributed by atoms with Crippen LogP contribution in [0.4, 0.5) is 11.4 Å². The van der Waals surface area contributed by atoms with Crippen LogP contribution in [0.5, 0.6) is 0 Å². The van der Waals surface area contributed by atoms with Crippen LogP contribution in [0.2, 0.25) is 0 Å². The van der Waals surface area contributed by atoms with Crippen molar-refractivity contribution in [3.05, 3.63) is 78.4 Å². The molecular formula is C22H19N3O2. The predicted molar refractivity (Wildman–Crippen MR) is 108 cm³/mol. The minimum atomic E-state index is -0.155. The molecule has 4 rings (SSSR count). The van der Waals surface area contributed by atoms with Gasteiger partial charge in [-0.05, 0) is 54.6 Å². The lowest BCUT2D eigenvalue weighted by molar-refractivity contribution is 0.102. The van der Waals surface area contributed by atoms with Crippen LogP contribution >= 0.6 is 0 Å². The largest absolute Gasteiger partial charge is 0.436 e. The number of oxazole rings is 1. The number of fused-ring (bicyclic) bond motifs is 1. The minimum Gasteiger partial charge on any atom is -0.436 e. The van der Waals surface area contributed by atoms with Gasteiger partial charge in [-0.2, -0.15) is 0 Å². The summed E-state index contributed by atoms with van der Waals surface area (Å²) >= 11 is 0. The van der Waals surface area contributed by atoms with E-state index >= 15 is 0 Å². The lowest BCUT2D eigenvalue weighted by Gasteiger charge is -2.11. The van der Waals surface area contributed by atoms with E-state index in [1.165, 1.54) is 0 Å². The Morgan fingerprint density at radius 1 is 0.963 bits per heavy atom. The fraction of sp³-hybridized carbons (Fsp3) is 0.0909. The number of nitrogens with one attached hydrogen (secondary N) is 1. The van der Waals surface area contributed by atoms with Gasteiger partial charge in [-0.1, -0.05) is 18.2 Å². The first-order valence-electron chi connectivity index (χ1n) is 8.65. The van der Waals surface area contributed by atoms with Crippen LogP contribution in [0.15, 0.2) is 77.2 Å². The van der Waals surface area contributed by atoms with Crippen molar-refractivity contribution in [1.29, 1.82) is 0 Å². The van der Waals surface area contributed by atoms with Crippen molar-refractivity contribution in [2.45, 2.75) is 0 Å². The molecule has 5 nitrogen and oxygen atoms in total. The number of aromatic nitrogens is 1. The zero-order valence-electron chi connectivity index (χ0n) is 15.1. The summed E-state index contributed by atoms with van der Waals surface area (Å²) in [7, 11) is 4.00. The topological polar surface area (TPSA) is 58.4 Å². The number of nitrogens with zero attached hydrogens (tertiary/aromatic N) is 2. The minimum absolute atomic E-state index is 0.155. The number of anilines is 2. The van der Waals surface area contributed by atoms with E-state index in [2.05, 4.69) is 10.3 Å². The van der Waals surface area contributed by atoms with Gasteiger partial charge in [0.15, 0.2) is 5.58 Å². The Morgan fingerprint density at radius 2 is 1.70 bits per heavy atom. The normalized spacial score (nSPS) is 10.7. The van der Waals surface area contributed by atoms with Gasteiger partial charge in [-0.25, -0.2) is 4.98 Å². The molecule has 0 bridgehead atoms. The number of hydrogen-bond donors (Lipinski definition) is 1. The van der Waals surface area contributed by atoms with Crippen molar-refractivity contribution in [2.75, 3.05) is 24.3 Å². The van der Waals surface area contributed by atoms with Crippen molar-refractivity contribution in [3.63, 3.8) is 0 Å². The number of carbonyl (C=O) groups is 1. The zero-order chi connectivity index (χ0) is 18.8. The van der Waals surface area contributed by atoms with Gasteiger partial charge >= 0.3 is 0 Å². The molecule has 0 saturated carbocycles. The first kappa shape index (κ1) is 16.8. The summed E-state index contributed by atoms with van der Waals surface area (Å²) in [6.45, 7) is 0. The Balaban J connectivity index is 1.59. The Hall–Kier alpha value is -3.60. The van der Waals surface area contributed by atoms with Gasteiger partial charge in [0.25, 0.3) is 5.91 Å². The molecule has 0 radical (unpaired) electrons. The monoisotopic (exact) mass is 357 g/mol. The van der Waals surface area contributed by atoms with Gasteiger partial charge in [0.1, 0.15) is 5.52 Å². The van der Waals surface area contributed by atoms with Gasteiger partial charge in [0, 0.05) is 36.6 Å². The smallest absolute Gasteiger partial charge is 0.255 e. The molecule has 1 amide bonds. The Kier molecular flexibility index (Phi) is 4.34. The molecule has 27 heavy (non-hydrogen) atoms. The first-order chi connectivity index (χ1) is 13.1. The Labute approximate surface area is 157 Å². The highest BCUT2D eigenvalue weighted by Crippen LogP contribution is 2.27. The summed E-state index contributed by atoms with van der Waals surface area (Å²) < 4.78 is 5.86. The average Bonchev–Trinajstić information content (AvgIpc) is 3.12. The lowest BCUT2D eigenvalue weighted by Crippen LogP contribution is -2.11. The summed E-state index contributed by atoms with van der Waals surface area (Å²) in [6.07, 6.45) is 0. The highest BCUT2D eigenvalue weighted by atomic mass is 16.3. The van der Waals surface area contributed by atoms with Gasteiger partial charge in [0.2, 0.25) is 5.89 Å². The van der Waals surface area contributed by atoms with Gasteiger partial charge in [-0.3, -0.25) is 4.79 Å². The molecule has 134 valence electrons. The van der Waals surface area contributed by atoms with E-state index in [1.807, 2.05) is 79.7 Å². The molecule has 0 fully saturated rings. The third kappa shape index (κ3) is 3.53. The fourth-order valence-electron chi connectivity index (χ4n) is 2.82. The number of amides is 1. The molecule has 0 spiro atoms. The van der Waals surface area contributed by atoms with Gasteiger partial charge in [-0.15, -0.1) is 0 Å². The van der Waals surface area contributed by atoms with E-state index in [4.69, 9.17) is 4.42 Å². The molecule has 3 aromatic carbocycles. The van der Waals surface area contributed by atoms with Crippen molar-refractivity contribution in [1.82, 2.24) is 4.98 Å². The Morgan fingerprint density at radius 3 is 2.41 bits per heavy atom. The standard InChI is InChI=1S/C22H19N3O2/c1-25(2)18-11-8-16(9-12-18)22-24-19-14-17(10-13-20(19)27-22)23-21(26)15-6-4-3-5-7-15/h3-14H,1-2H3,(H,23,26). The van der Waals surface area contributed by atoms with E-state index in [9.17, 15) is 4.79 Å². The molecule has 0 aliphatic heterocycles. The number of carbonyl (C=O) groups excluding carboxylic acids is 1. The average molecular weight is 357 g/mol. The van der Waals surface area contributed by atoms with Crippen LogP contribution in [0.3, 0.4) is 0 Å². The van der Waals surface area contributed by atoms with Crippen LogP contribution in [0, 0.1) is 0 Å². The van der Waals surface area contributed by atoms with E-state index in [1.54, 1.807) is 12.1 Å². The highest BCUT2D eigenvalue weighted by molar-refractivity contribution is 6.04. The summed E-state index contributed by atoms with van der Waals surface area (Å²) in [5, 5.41) is 2.89. The maximum absolute atomic E-state index is 12.3. The highest BCUT2D eigenvalue weighted by Gasteiger charge is 2.11. The first-order valence-corrected chi connectivity index (χ1v) is 8.65. The molecule has 0 aliphatic carbocycles. The van der Waals surface area contributed by atoms with E-state index in [0.717, 1.165) is 11.3 Å². The second-order valence-electron chi connectivity index (χ2n) is 6.46. The molecule has 1 N–H and O–H groups in total. The Bertz CT molecular complexity index is 1080. The maximum atomic E-state index is 12.3.